The van der Waals surface area contributed by atoms with E-state index in [0.29, 0.717) is 18.7 Å². The van der Waals surface area contributed by atoms with Gasteiger partial charge in [0.2, 0.25) is 5.91 Å². The van der Waals surface area contributed by atoms with Crippen LogP contribution in [0.2, 0.25) is 0 Å². The van der Waals surface area contributed by atoms with Crippen molar-refractivity contribution in [2.24, 2.45) is 0 Å². The van der Waals surface area contributed by atoms with E-state index in [4.69, 9.17) is 0 Å². The van der Waals surface area contributed by atoms with Gasteiger partial charge in [0, 0.05) is 18.4 Å². The molecule has 94 valence electrons. The summed E-state index contributed by atoms with van der Waals surface area (Å²) < 4.78 is 0. The van der Waals surface area contributed by atoms with Crippen molar-refractivity contribution < 1.29 is 4.79 Å². The first-order chi connectivity index (χ1) is 7.95. The van der Waals surface area contributed by atoms with Gasteiger partial charge < -0.3 is 5.32 Å². The number of benzene rings is 1. The standard InChI is InChI=1S/C14H21NOS/c1-11-5-4-6-12(9-11)14(2,3)10-15-13(16)7-8-17/h4-6,9,17H,7-8,10H2,1-3H3,(H,15,16). The van der Waals surface area contributed by atoms with Crippen molar-refractivity contribution >= 4 is 18.5 Å². The molecule has 1 aromatic rings. The van der Waals surface area contributed by atoms with Crippen LogP contribution in [-0.2, 0) is 10.2 Å². The van der Waals surface area contributed by atoms with Gasteiger partial charge in [0.15, 0.2) is 0 Å². The van der Waals surface area contributed by atoms with Crippen LogP contribution in [0, 0.1) is 6.92 Å². The molecule has 3 heteroatoms. The molecule has 0 fully saturated rings. The zero-order valence-electron chi connectivity index (χ0n) is 10.8. The number of carbonyl (C=O) groups excluding carboxylic acids is 1. The van der Waals surface area contributed by atoms with E-state index < -0.39 is 0 Å². The van der Waals surface area contributed by atoms with Gasteiger partial charge in [0.25, 0.3) is 0 Å². The molecule has 0 bridgehead atoms. The normalized spacial score (nSPS) is 11.3. The summed E-state index contributed by atoms with van der Waals surface area (Å²) in [7, 11) is 0. The Morgan fingerprint density at radius 3 is 2.71 bits per heavy atom. The molecule has 0 saturated heterocycles. The van der Waals surface area contributed by atoms with Crippen molar-refractivity contribution in [2.75, 3.05) is 12.3 Å². The minimum atomic E-state index is -0.0434. The highest BCUT2D eigenvalue weighted by Crippen LogP contribution is 2.22. The molecule has 2 nitrogen and oxygen atoms in total. The van der Waals surface area contributed by atoms with E-state index in [9.17, 15) is 4.79 Å². The van der Waals surface area contributed by atoms with Gasteiger partial charge in [-0.1, -0.05) is 43.7 Å². The first kappa shape index (κ1) is 14.1. The molecule has 0 aromatic heterocycles. The van der Waals surface area contributed by atoms with Crippen LogP contribution in [0.4, 0.5) is 0 Å². The number of aryl methyl sites for hydroxylation is 1. The lowest BCUT2D eigenvalue weighted by molar-refractivity contribution is -0.120. The molecule has 17 heavy (non-hydrogen) atoms. The fraction of sp³-hybridized carbons (Fsp3) is 0.500. The second-order valence-electron chi connectivity index (χ2n) is 5.00. The summed E-state index contributed by atoms with van der Waals surface area (Å²) in [6.45, 7) is 7.02. The Bertz CT molecular complexity index is 388. The second-order valence-corrected chi connectivity index (χ2v) is 5.45. The van der Waals surface area contributed by atoms with E-state index in [1.54, 1.807) is 0 Å². The zero-order chi connectivity index (χ0) is 12.9. The van der Waals surface area contributed by atoms with E-state index in [2.05, 4.69) is 63.0 Å². The van der Waals surface area contributed by atoms with E-state index >= 15 is 0 Å². The number of amides is 1. The summed E-state index contributed by atoms with van der Waals surface area (Å²) in [5.41, 5.74) is 2.46. The molecule has 0 heterocycles. The Hall–Kier alpha value is -0.960. The Balaban J connectivity index is 2.65. The quantitative estimate of drug-likeness (QED) is 0.774. The molecular formula is C14H21NOS. The van der Waals surface area contributed by atoms with Gasteiger partial charge in [-0.25, -0.2) is 0 Å². The van der Waals surface area contributed by atoms with Crippen molar-refractivity contribution in [2.45, 2.75) is 32.6 Å². The number of hydrogen-bond donors (Lipinski definition) is 2. The van der Waals surface area contributed by atoms with E-state index in [0.717, 1.165) is 0 Å². The van der Waals surface area contributed by atoms with Gasteiger partial charge in [-0.2, -0.15) is 12.6 Å². The average molecular weight is 251 g/mol. The van der Waals surface area contributed by atoms with Gasteiger partial charge in [0.1, 0.15) is 0 Å². The first-order valence-corrected chi connectivity index (χ1v) is 6.53. The Labute approximate surface area is 109 Å². The third-order valence-corrected chi connectivity index (χ3v) is 3.09. The molecule has 1 amide bonds. The maximum atomic E-state index is 11.4. The van der Waals surface area contributed by atoms with Crippen LogP contribution >= 0.6 is 12.6 Å². The van der Waals surface area contributed by atoms with Crippen LogP contribution in [0.15, 0.2) is 24.3 Å². The summed E-state index contributed by atoms with van der Waals surface area (Å²) >= 11 is 4.05. The topological polar surface area (TPSA) is 29.1 Å². The van der Waals surface area contributed by atoms with Crippen molar-refractivity contribution in [3.8, 4) is 0 Å². The lowest BCUT2D eigenvalue weighted by atomic mass is 9.84. The maximum Gasteiger partial charge on any atom is 0.220 e. The number of nitrogens with one attached hydrogen (secondary N) is 1. The van der Waals surface area contributed by atoms with E-state index in [1.165, 1.54) is 11.1 Å². The molecule has 0 aliphatic carbocycles. The molecule has 1 rings (SSSR count). The van der Waals surface area contributed by atoms with Crippen LogP contribution in [0.25, 0.3) is 0 Å². The fourth-order valence-electron chi connectivity index (χ4n) is 1.68. The lowest BCUT2D eigenvalue weighted by Gasteiger charge is -2.26. The summed E-state index contributed by atoms with van der Waals surface area (Å²) in [4.78, 5) is 11.4. The minimum Gasteiger partial charge on any atom is -0.355 e. The van der Waals surface area contributed by atoms with Crippen molar-refractivity contribution in [1.29, 1.82) is 0 Å². The Kier molecular flexibility index (Phi) is 5.06. The molecule has 0 radical (unpaired) electrons. The van der Waals surface area contributed by atoms with Crippen molar-refractivity contribution in [1.82, 2.24) is 5.32 Å². The molecule has 1 N–H and O–H groups in total. The summed E-state index contributed by atoms with van der Waals surface area (Å²) in [5.74, 6) is 0.664. The molecule has 0 aliphatic heterocycles. The molecule has 0 atom stereocenters. The Morgan fingerprint density at radius 1 is 1.41 bits per heavy atom. The monoisotopic (exact) mass is 251 g/mol. The predicted octanol–water partition coefficient (Wildman–Crippen LogP) is 2.71. The summed E-state index contributed by atoms with van der Waals surface area (Å²) in [6, 6.07) is 8.42. The van der Waals surface area contributed by atoms with E-state index in [1.807, 2.05) is 0 Å². The summed E-state index contributed by atoms with van der Waals surface area (Å²) in [5, 5.41) is 2.95. The molecule has 0 unspecified atom stereocenters. The van der Waals surface area contributed by atoms with Gasteiger partial charge in [-0.15, -0.1) is 0 Å². The third kappa shape index (κ3) is 4.43. The maximum absolute atomic E-state index is 11.4. The smallest absolute Gasteiger partial charge is 0.220 e. The highest BCUT2D eigenvalue weighted by atomic mass is 32.1. The second kappa shape index (κ2) is 6.10. The number of hydrogen-bond acceptors (Lipinski definition) is 2. The summed E-state index contributed by atoms with van der Waals surface area (Å²) in [6.07, 6.45) is 0.479. The highest BCUT2D eigenvalue weighted by Gasteiger charge is 2.21. The number of thiol groups is 1. The fourth-order valence-corrected chi connectivity index (χ4v) is 1.88. The van der Waals surface area contributed by atoms with Gasteiger partial charge >= 0.3 is 0 Å². The van der Waals surface area contributed by atoms with E-state index in [-0.39, 0.29) is 11.3 Å². The lowest BCUT2D eigenvalue weighted by Crippen LogP contribution is -2.36. The van der Waals surface area contributed by atoms with Crippen LogP contribution in [0.3, 0.4) is 0 Å². The largest absolute Gasteiger partial charge is 0.355 e. The first-order valence-electron chi connectivity index (χ1n) is 5.90. The van der Waals surface area contributed by atoms with Crippen molar-refractivity contribution in [3.05, 3.63) is 35.4 Å². The molecule has 0 aliphatic rings. The van der Waals surface area contributed by atoms with Gasteiger partial charge in [0.05, 0.1) is 0 Å². The molecular weight excluding hydrogens is 230 g/mol. The number of rotatable bonds is 5. The number of carbonyl (C=O) groups is 1. The zero-order valence-corrected chi connectivity index (χ0v) is 11.7. The van der Waals surface area contributed by atoms with Crippen LogP contribution in [0.5, 0.6) is 0 Å². The predicted molar refractivity (Wildman–Crippen MR) is 75.7 cm³/mol. The highest BCUT2D eigenvalue weighted by molar-refractivity contribution is 7.80. The SMILES string of the molecule is Cc1cccc(C(C)(C)CNC(=O)CCS)c1. The van der Waals surface area contributed by atoms with Crippen molar-refractivity contribution in [3.63, 3.8) is 0 Å². The van der Waals surface area contributed by atoms with Crippen LogP contribution in [0.1, 0.15) is 31.4 Å². The molecule has 1 aromatic carbocycles. The van der Waals surface area contributed by atoms with Gasteiger partial charge in [-0.05, 0) is 18.2 Å². The average Bonchev–Trinajstić information content (AvgIpc) is 2.27. The third-order valence-electron chi connectivity index (χ3n) is 2.87. The minimum absolute atomic E-state index is 0.0434. The van der Waals surface area contributed by atoms with Gasteiger partial charge in [-0.3, -0.25) is 4.79 Å². The van der Waals surface area contributed by atoms with Crippen LogP contribution < -0.4 is 5.32 Å². The molecule has 0 saturated carbocycles. The Morgan fingerprint density at radius 2 is 2.12 bits per heavy atom. The van der Waals surface area contributed by atoms with Crippen LogP contribution in [-0.4, -0.2) is 18.2 Å². The molecule has 0 spiro atoms.